The first-order chi connectivity index (χ1) is 9.15. The Morgan fingerprint density at radius 2 is 2.37 bits per heavy atom. The van der Waals surface area contributed by atoms with E-state index in [1.54, 1.807) is 7.11 Å². The van der Waals surface area contributed by atoms with Gasteiger partial charge in [-0.1, -0.05) is 0 Å². The van der Waals surface area contributed by atoms with E-state index in [-0.39, 0.29) is 18.3 Å². The van der Waals surface area contributed by atoms with Crippen LogP contribution in [0.5, 0.6) is 5.75 Å². The van der Waals surface area contributed by atoms with Crippen LogP contribution in [0.4, 0.5) is 5.82 Å². The van der Waals surface area contributed by atoms with Crippen LogP contribution in [-0.4, -0.2) is 42.7 Å². The first-order valence-electron chi connectivity index (χ1n) is 5.63. The molecule has 1 aromatic rings. The maximum atomic E-state index is 11.4. The molecule has 0 atom stereocenters. The number of hydrogen-bond donors (Lipinski definition) is 1. The summed E-state index contributed by atoms with van der Waals surface area (Å²) < 4.78 is 9.90. The van der Waals surface area contributed by atoms with Gasteiger partial charge in [0, 0.05) is 20.3 Å². The van der Waals surface area contributed by atoms with Gasteiger partial charge in [0.1, 0.15) is 6.20 Å². The minimum atomic E-state index is -0.661. The number of nitrogens with one attached hydrogen (secondary N) is 1. The molecule has 0 aliphatic carbocycles. The van der Waals surface area contributed by atoms with Gasteiger partial charge in [-0.25, -0.2) is 0 Å². The molecule has 1 amide bonds. The summed E-state index contributed by atoms with van der Waals surface area (Å²) in [6.07, 6.45) is 1.98. The highest BCUT2D eigenvalue weighted by Gasteiger charge is 2.16. The molecule has 0 spiro atoms. The van der Waals surface area contributed by atoms with Crippen molar-refractivity contribution in [1.82, 2.24) is 10.3 Å². The van der Waals surface area contributed by atoms with Crippen LogP contribution in [-0.2, 0) is 9.53 Å². The molecule has 0 saturated carbocycles. The predicted octanol–water partition coefficient (Wildman–Crippen LogP) is 0.521. The highest BCUT2D eigenvalue weighted by Crippen LogP contribution is 2.22. The SMILES string of the molecule is COCCCNC(=O)COc1cccnc1[N+](=O)[O-]. The average molecular weight is 269 g/mol. The summed E-state index contributed by atoms with van der Waals surface area (Å²) in [6.45, 7) is 0.722. The molecule has 19 heavy (non-hydrogen) atoms. The van der Waals surface area contributed by atoms with Gasteiger partial charge in [0.05, 0.1) is 0 Å². The highest BCUT2D eigenvalue weighted by atomic mass is 16.6. The second-order valence-electron chi connectivity index (χ2n) is 3.57. The number of carbonyl (C=O) groups excluding carboxylic acids is 1. The number of pyridine rings is 1. The number of methoxy groups -OCH3 is 1. The van der Waals surface area contributed by atoms with Crippen LogP contribution in [0.25, 0.3) is 0 Å². The number of hydrogen-bond acceptors (Lipinski definition) is 6. The molecule has 1 N–H and O–H groups in total. The van der Waals surface area contributed by atoms with Crippen LogP contribution in [0.1, 0.15) is 6.42 Å². The van der Waals surface area contributed by atoms with Crippen LogP contribution in [0.3, 0.4) is 0 Å². The maximum Gasteiger partial charge on any atom is 0.406 e. The molecular formula is C11H15N3O5. The zero-order valence-electron chi connectivity index (χ0n) is 10.5. The summed E-state index contributed by atoms with van der Waals surface area (Å²) in [4.78, 5) is 25.0. The molecule has 0 aromatic carbocycles. The van der Waals surface area contributed by atoms with Gasteiger partial charge in [0.25, 0.3) is 5.91 Å². The van der Waals surface area contributed by atoms with E-state index in [9.17, 15) is 14.9 Å². The first-order valence-corrected chi connectivity index (χ1v) is 5.63. The lowest BCUT2D eigenvalue weighted by Gasteiger charge is -2.07. The Morgan fingerprint density at radius 3 is 3.05 bits per heavy atom. The maximum absolute atomic E-state index is 11.4. The fourth-order valence-electron chi connectivity index (χ4n) is 1.27. The highest BCUT2D eigenvalue weighted by molar-refractivity contribution is 5.77. The van der Waals surface area contributed by atoms with Crippen LogP contribution >= 0.6 is 0 Å². The number of ether oxygens (including phenoxy) is 2. The van der Waals surface area contributed by atoms with Gasteiger partial charge in [-0.05, 0) is 28.5 Å². The third-order valence-electron chi connectivity index (χ3n) is 2.13. The molecule has 8 heteroatoms. The molecule has 0 unspecified atom stereocenters. The minimum absolute atomic E-state index is 0.0282. The lowest BCUT2D eigenvalue weighted by Crippen LogP contribution is -2.30. The number of amides is 1. The fourth-order valence-corrected chi connectivity index (χ4v) is 1.27. The second kappa shape index (κ2) is 7.98. The van der Waals surface area contributed by atoms with Gasteiger partial charge in [-0.3, -0.25) is 4.79 Å². The van der Waals surface area contributed by atoms with Crippen LogP contribution in [0, 0.1) is 10.1 Å². The van der Waals surface area contributed by atoms with E-state index in [4.69, 9.17) is 9.47 Å². The van der Waals surface area contributed by atoms with Gasteiger partial charge in [0.15, 0.2) is 6.61 Å². The smallest absolute Gasteiger partial charge is 0.406 e. The monoisotopic (exact) mass is 269 g/mol. The van der Waals surface area contributed by atoms with Gasteiger partial charge in [-0.15, -0.1) is 0 Å². The average Bonchev–Trinajstić information content (AvgIpc) is 2.41. The summed E-state index contributed by atoms with van der Waals surface area (Å²) in [7, 11) is 1.58. The molecule has 0 bridgehead atoms. The minimum Gasteiger partial charge on any atom is -0.476 e. The third-order valence-corrected chi connectivity index (χ3v) is 2.13. The van der Waals surface area contributed by atoms with E-state index in [1.165, 1.54) is 18.3 Å². The number of aromatic nitrogens is 1. The van der Waals surface area contributed by atoms with Crippen molar-refractivity contribution in [2.45, 2.75) is 6.42 Å². The largest absolute Gasteiger partial charge is 0.476 e. The number of carbonyl (C=O) groups is 1. The Balaban J connectivity index is 2.40. The lowest BCUT2D eigenvalue weighted by molar-refractivity contribution is -0.390. The Morgan fingerprint density at radius 1 is 1.58 bits per heavy atom. The Labute approximate surface area is 109 Å². The topological polar surface area (TPSA) is 104 Å². The number of nitrogens with zero attached hydrogens (tertiary/aromatic N) is 2. The van der Waals surface area contributed by atoms with Crippen molar-refractivity contribution in [3.63, 3.8) is 0 Å². The third kappa shape index (κ3) is 5.30. The summed E-state index contributed by atoms with van der Waals surface area (Å²) in [6, 6.07) is 2.89. The molecule has 0 radical (unpaired) electrons. The van der Waals surface area contributed by atoms with Crippen molar-refractivity contribution < 1.29 is 19.2 Å². The van der Waals surface area contributed by atoms with Crippen molar-refractivity contribution in [2.75, 3.05) is 26.9 Å². The van der Waals surface area contributed by atoms with E-state index in [1.807, 2.05) is 0 Å². The Hall–Kier alpha value is -2.22. The molecule has 0 aliphatic heterocycles. The molecule has 1 aromatic heterocycles. The zero-order chi connectivity index (χ0) is 14.1. The number of rotatable bonds is 8. The lowest BCUT2D eigenvalue weighted by atomic mass is 10.4. The van der Waals surface area contributed by atoms with Gasteiger partial charge in [-0.2, -0.15) is 0 Å². The molecule has 1 rings (SSSR count). The van der Waals surface area contributed by atoms with Crippen molar-refractivity contribution in [3.8, 4) is 5.75 Å². The molecule has 104 valence electrons. The Kier molecular flexibility index (Phi) is 6.23. The van der Waals surface area contributed by atoms with E-state index >= 15 is 0 Å². The van der Waals surface area contributed by atoms with Crippen molar-refractivity contribution in [2.24, 2.45) is 0 Å². The molecule has 0 fully saturated rings. The zero-order valence-corrected chi connectivity index (χ0v) is 10.5. The van der Waals surface area contributed by atoms with E-state index in [2.05, 4.69) is 10.3 Å². The van der Waals surface area contributed by atoms with Gasteiger partial charge < -0.3 is 24.9 Å². The van der Waals surface area contributed by atoms with Crippen molar-refractivity contribution in [1.29, 1.82) is 0 Å². The molecule has 1 heterocycles. The summed E-state index contributed by atoms with van der Waals surface area (Å²) in [5.41, 5.74) is 0. The predicted molar refractivity (Wildman–Crippen MR) is 65.9 cm³/mol. The normalized spacial score (nSPS) is 9.95. The Bertz CT molecular complexity index is 438. The summed E-state index contributed by atoms with van der Waals surface area (Å²) in [5, 5.41) is 13.3. The van der Waals surface area contributed by atoms with E-state index in [0.29, 0.717) is 19.6 Å². The van der Waals surface area contributed by atoms with Crippen LogP contribution < -0.4 is 10.1 Å². The van der Waals surface area contributed by atoms with Crippen LogP contribution in [0.2, 0.25) is 0 Å². The summed E-state index contributed by atoms with van der Waals surface area (Å²) in [5.74, 6) is -0.788. The van der Waals surface area contributed by atoms with Gasteiger partial charge >= 0.3 is 5.82 Å². The van der Waals surface area contributed by atoms with Crippen LogP contribution in [0.15, 0.2) is 18.3 Å². The quantitative estimate of drug-likeness (QED) is 0.419. The molecule has 0 aliphatic rings. The van der Waals surface area contributed by atoms with Gasteiger partial charge in [0.2, 0.25) is 5.75 Å². The van der Waals surface area contributed by atoms with E-state index in [0.717, 1.165) is 0 Å². The molecule has 0 saturated heterocycles. The van der Waals surface area contributed by atoms with Crippen molar-refractivity contribution in [3.05, 3.63) is 28.4 Å². The summed E-state index contributed by atoms with van der Waals surface area (Å²) >= 11 is 0. The fraction of sp³-hybridized carbons (Fsp3) is 0.455. The molecule has 8 nitrogen and oxygen atoms in total. The standard InChI is InChI=1S/C11H15N3O5/c1-18-7-3-6-12-10(15)8-19-9-4-2-5-13-11(9)14(16)17/h2,4-5H,3,6-8H2,1H3,(H,12,15). The molecular weight excluding hydrogens is 254 g/mol. The number of nitro groups is 1. The second-order valence-corrected chi connectivity index (χ2v) is 3.57. The van der Waals surface area contributed by atoms with E-state index < -0.39 is 10.7 Å². The van der Waals surface area contributed by atoms with Crippen molar-refractivity contribution >= 4 is 11.7 Å². The first kappa shape index (κ1) is 14.8.